The fourth-order valence-electron chi connectivity index (χ4n) is 4.53. The van der Waals surface area contributed by atoms with Crippen LogP contribution in [0.4, 0.5) is 0 Å². The molecule has 0 saturated carbocycles. The van der Waals surface area contributed by atoms with E-state index >= 15 is 0 Å². The minimum Gasteiger partial charge on any atom is -0.391 e. The molecule has 1 aromatic rings. The van der Waals surface area contributed by atoms with Crippen molar-refractivity contribution in [3.63, 3.8) is 0 Å². The van der Waals surface area contributed by atoms with Gasteiger partial charge in [0.15, 0.2) is 0 Å². The highest BCUT2D eigenvalue weighted by atomic mass is 16.3. The molecular weight excluding hydrogens is 642 g/mol. The van der Waals surface area contributed by atoms with Crippen LogP contribution in [0.5, 0.6) is 0 Å². The van der Waals surface area contributed by atoms with Crippen LogP contribution >= 0.6 is 0 Å². The number of rotatable bonds is 23. The summed E-state index contributed by atoms with van der Waals surface area (Å²) in [6, 6.07) is -7.31. The maximum absolute atomic E-state index is 13.7. The fourth-order valence-corrected chi connectivity index (χ4v) is 4.53. The average molecular weight is 696 g/mol. The molecule has 0 saturated heterocycles. The molecular formula is C30H53N11O8. The number of nitrogens with two attached hydrogens (primary N) is 4. The van der Waals surface area contributed by atoms with E-state index in [1.807, 2.05) is 0 Å². The number of aromatic nitrogens is 2. The molecule has 7 atom stereocenters. The molecule has 7 amide bonds. The minimum atomic E-state index is -1.37. The van der Waals surface area contributed by atoms with Crippen LogP contribution < -0.4 is 49.5 Å². The van der Waals surface area contributed by atoms with Gasteiger partial charge < -0.3 is 59.6 Å². The smallest absolute Gasteiger partial charge is 0.243 e. The summed E-state index contributed by atoms with van der Waals surface area (Å²) in [7, 11) is 0. The van der Waals surface area contributed by atoms with Crippen molar-refractivity contribution < 1.29 is 38.7 Å². The van der Waals surface area contributed by atoms with Gasteiger partial charge in [-0.15, -0.1) is 0 Å². The van der Waals surface area contributed by atoms with Crippen molar-refractivity contribution in [1.29, 1.82) is 0 Å². The van der Waals surface area contributed by atoms with E-state index in [2.05, 4.69) is 36.6 Å². The van der Waals surface area contributed by atoms with Crippen molar-refractivity contribution in [2.24, 2.45) is 28.9 Å². The third-order valence-electron chi connectivity index (χ3n) is 7.45. The minimum absolute atomic E-state index is 0.0321. The van der Waals surface area contributed by atoms with Crippen LogP contribution in [0.1, 0.15) is 71.9 Å². The monoisotopic (exact) mass is 695 g/mol. The number of carbonyl (C=O) groups is 7. The topological polar surface area (TPSA) is 333 Å². The third kappa shape index (κ3) is 15.9. The van der Waals surface area contributed by atoms with Crippen molar-refractivity contribution in [3.8, 4) is 0 Å². The maximum Gasteiger partial charge on any atom is 0.243 e. The van der Waals surface area contributed by atoms with Gasteiger partial charge in [-0.25, -0.2) is 4.98 Å². The number of hydrogen-bond acceptors (Lipinski definition) is 11. The third-order valence-corrected chi connectivity index (χ3v) is 7.45. The van der Waals surface area contributed by atoms with Crippen molar-refractivity contribution in [1.82, 2.24) is 36.6 Å². The van der Waals surface area contributed by atoms with Crippen LogP contribution in [0, 0.1) is 5.92 Å². The number of aromatic amines is 1. The zero-order valence-corrected chi connectivity index (χ0v) is 28.5. The lowest BCUT2D eigenvalue weighted by Gasteiger charge is -2.28. The summed E-state index contributed by atoms with van der Waals surface area (Å²) in [5.74, 6) is -5.48. The van der Waals surface area contributed by atoms with E-state index in [0.29, 0.717) is 25.1 Å². The van der Waals surface area contributed by atoms with Crippen molar-refractivity contribution in [3.05, 3.63) is 18.2 Å². The summed E-state index contributed by atoms with van der Waals surface area (Å²) in [4.78, 5) is 96.1. The van der Waals surface area contributed by atoms with Crippen LogP contribution in [-0.4, -0.2) is 105 Å². The zero-order valence-electron chi connectivity index (χ0n) is 28.5. The van der Waals surface area contributed by atoms with Crippen LogP contribution in [0.2, 0.25) is 0 Å². The van der Waals surface area contributed by atoms with E-state index in [1.54, 1.807) is 13.8 Å². The summed E-state index contributed by atoms with van der Waals surface area (Å²) in [6.07, 6.45) is 2.28. The van der Waals surface area contributed by atoms with Gasteiger partial charge in [0.25, 0.3) is 0 Å². The number of hydrogen-bond donors (Lipinski definition) is 11. The molecule has 0 aliphatic heterocycles. The number of nitrogens with zero attached hydrogens (tertiary/aromatic N) is 1. The molecule has 19 heteroatoms. The number of aliphatic hydroxyl groups is 1. The Hall–Kier alpha value is -4.62. The number of imidazole rings is 1. The van der Waals surface area contributed by atoms with Crippen LogP contribution in [-0.2, 0) is 40.0 Å². The number of nitrogens with one attached hydrogen (secondary N) is 6. The molecule has 15 N–H and O–H groups in total. The van der Waals surface area contributed by atoms with E-state index in [4.69, 9.17) is 22.9 Å². The quantitative estimate of drug-likeness (QED) is 0.0490. The van der Waals surface area contributed by atoms with E-state index in [-0.39, 0.29) is 38.0 Å². The molecule has 276 valence electrons. The molecule has 19 nitrogen and oxygen atoms in total. The number of primary amides is 2. The predicted molar refractivity (Wildman–Crippen MR) is 177 cm³/mol. The molecule has 0 bridgehead atoms. The summed E-state index contributed by atoms with van der Waals surface area (Å²) in [5, 5.41) is 22.4. The fraction of sp³-hybridized carbons (Fsp3) is 0.667. The number of H-pyrrole nitrogens is 1. The Kier molecular flexibility index (Phi) is 18.5. The highest BCUT2D eigenvalue weighted by molar-refractivity contribution is 5.96. The van der Waals surface area contributed by atoms with Gasteiger partial charge in [0, 0.05) is 24.7 Å². The Labute approximate surface area is 285 Å². The van der Waals surface area contributed by atoms with Gasteiger partial charge >= 0.3 is 0 Å². The number of aliphatic hydroxyl groups excluding tert-OH is 1. The first-order valence-corrected chi connectivity index (χ1v) is 16.2. The van der Waals surface area contributed by atoms with Gasteiger partial charge in [0.1, 0.15) is 36.3 Å². The summed E-state index contributed by atoms with van der Waals surface area (Å²) >= 11 is 0. The standard InChI is InChI=1S/C30H53N11O8/c1-15(2)11-21(40-27(46)20(8-9-23(32)43)39-30(49)24(33)17(4)42)29(48)38-19(7-5-6-10-31)26(45)41-22(12-18-13-35-14-36-18)28(47)37-16(3)25(34)44/h13-17,19-22,24,42H,5-12,31,33H2,1-4H3,(H2,32,43)(H2,34,44)(H,35,36)(H,37,47)(H,38,48)(H,39,49)(H,40,46)(H,41,45)/t16-,17+,19+,20+,21+,22+,24+/m0/s1. The first kappa shape index (κ1) is 42.4. The van der Waals surface area contributed by atoms with Gasteiger partial charge in [0.2, 0.25) is 41.4 Å². The normalized spacial score (nSPS) is 15.4. The summed E-state index contributed by atoms with van der Waals surface area (Å²) in [5.41, 5.74) is 22.4. The lowest BCUT2D eigenvalue weighted by molar-refractivity contribution is -0.135. The van der Waals surface area contributed by atoms with E-state index in [1.165, 1.54) is 26.4 Å². The maximum atomic E-state index is 13.7. The zero-order chi connectivity index (χ0) is 37.3. The Morgan fingerprint density at radius 1 is 0.776 bits per heavy atom. The molecule has 0 unspecified atom stereocenters. The lowest BCUT2D eigenvalue weighted by Crippen LogP contribution is -2.60. The van der Waals surface area contributed by atoms with Crippen molar-refractivity contribution >= 4 is 41.4 Å². The largest absolute Gasteiger partial charge is 0.391 e. The SMILES string of the molecule is CC(C)C[C@@H](NC(=O)[C@@H](CCC(N)=O)NC(=O)[C@H](N)[C@@H](C)O)C(=O)N[C@H](CCCCN)C(=O)N[C@H](Cc1cnc[nH]1)C(=O)N[C@@H](C)C(N)=O. The van der Waals surface area contributed by atoms with Gasteiger partial charge in [-0.2, -0.15) is 0 Å². The Morgan fingerprint density at radius 2 is 1.31 bits per heavy atom. The van der Waals surface area contributed by atoms with Crippen molar-refractivity contribution in [2.75, 3.05) is 6.54 Å². The molecule has 0 spiro atoms. The van der Waals surface area contributed by atoms with Crippen LogP contribution in [0.3, 0.4) is 0 Å². The van der Waals surface area contributed by atoms with Gasteiger partial charge in [-0.1, -0.05) is 13.8 Å². The molecule has 0 fully saturated rings. The van der Waals surface area contributed by atoms with Crippen molar-refractivity contribution in [2.45, 2.75) is 115 Å². The molecule has 0 aliphatic carbocycles. The first-order valence-electron chi connectivity index (χ1n) is 16.2. The number of amides is 7. The van der Waals surface area contributed by atoms with Gasteiger partial charge in [-0.3, -0.25) is 33.6 Å². The highest BCUT2D eigenvalue weighted by Crippen LogP contribution is 2.10. The molecule has 1 rings (SSSR count). The highest BCUT2D eigenvalue weighted by Gasteiger charge is 2.33. The van der Waals surface area contributed by atoms with E-state index in [9.17, 15) is 38.7 Å². The van der Waals surface area contributed by atoms with Crippen LogP contribution in [0.15, 0.2) is 12.5 Å². The second-order valence-corrected chi connectivity index (χ2v) is 12.3. The molecule has 0 radical (unpaired) electrons. The lowest BCUT2D eigenvalue weighted by atomic mass is 10.0. The molecule has 1 heterocycles. The number of unbranched alkanes of at least 4 members (excludes halogenated alkanes) is 1. The Morgan fingerprint density at radius 3 is 1.82 bits per heavy atom. The predicted octanol–water partition coefficient (Wildman–Crippen LogP) is -3.97. The van der Waals surface area contributed by atoms with Crippen LogP contribution in [0.25, 0.3) is 0 Å². The second kappa shape index (κ2) is 21.4. The van der Waals surface area contributed by atoms with Gasteiger partial charge in [-0.05, 0) is 58.4 Å². The van der Waals surface area contributed by atoms with E-state index < -0.39 is 83.7 Å². The molecule has 0 aliphatic rings. The van der Waals surface area contributed by atoms with E-state index in [0.717, 1.165) is 0 Å². The first-order chi connectivity index (χ1) is 23.0. The second-order valence-electron chi connectivity index (χ2n) is 12.3. The van der Waals surface area contributed by atoms with Gasteiger partial charge in [0.05, 0.1) is 12.4 Å². The molecule has 1 aromatic heterocycles. The summed E-state index contributed by atoms with van der Waals surface area (Å²) in [6.45, 7) is 6.61. The molecule has 0 aromatic carbocycles. The Bertz CT molecular complexity index is 1260. The average Bonchev–Trinajstić information content (AvgIpc) is 3.53. The molecule has 49 heavy (non-hydrogen) atoms. The summed E-state index contributed by atoms with van der Waals surface area (Å²) < 4.78 is 0. The Balaban J connectivity index is 3.27. The number of carbonyl (C=O) groups excluding carboxylic acids is 7.